The van der Waals surface area contributed by atoms with Crippen molar-refractivity contribution in [2.24, 2.45) is 0 Å². The highest BCUT2D eigenvalue weighted by Gasteiger charge is 2.07. The number of halogens is 1. The quantitative estimate of drug-likeness (QED) is 0.780. The Labute approximate surface area is 124 Å². The molecule has 0 bridgehead atoms. The van der Waals surface area contributed by atoms with Gasteiger partial charge in [0.1, 0.15) is 5.75 Å². The van der Waals surface area contributed by atoms with Crippen molar-refractivity contribution in [3.05, 3.63) is 47.0 Å². The van der Waals surface area contributed by atoms with Gasteiger partial charge in [0.05, 0.1) is 18.0 Å². The number of nitrogens with one attached hydrogen (secondary N) is 1. The molecule has 0 atom stereocenters. The fourth-order valence-corrected chi connectivity index (χ4v) is 2.04. The van der Waals surface area contributed by atoms with E-state index in [9.17, 15) is 0 Å². The first-order valence-corrected chi connectivity index (χ1v) is 7.04. The van der Waals surface area contributed by atoms with E-state index < -0.39 is 0 Å². The van der Waals surface area contributed by atoms with Crippen LogP contribution in [0.25, 0.3) is 0 Å². The maximum atomic E-state index is 6.14. The van der Waals surface area contributed by atoms with Crippen LogP contribution in [0.2, 0.25) is 5.02 Å². The molecular weight excluding hydrogens is 272 g/mol. The third-order valence-electron chi connectivity index (χ3n) is 3.00. The maximum absolute atomic E-state index is 6.14. The van der Waals surface area contributed by atoms with E-state index in [0.717, 1.165) is 23.4 Å². The predicted molar refractivity (Wildman–Crippen MR) is 86.1 cm³/mol. The molecule has 0 fully saturated rings. The molecule has 0 saturated heterocycles. The van der Waals surface area contributed by atoms with Crippen LogP contribution in [0, 0.1) is 6.92 Å². The lowest BCUT2D eigenvalue weighted by atomic mass is 10.2. The Bertz CT molecular complexity index is 599. The van der Waals surface area contributed by atoms with E-state index in [4.69, 9.17) is 22.1 Å². The molecule has 0 aromatic heterocycles. The standard InChI is InChI=1S/C16H19ClN2O/c1-3-9-20-15-6-4-5-13(16(15)18)19-14-10-12(17)8-7-11(14)2/h4-8,10,19H,3,9,18H2,1-2H3. The Kier molecular flexibility index (Phi) is 4.74. The second-order valence-corrected chi connectivity index (χ2v) is 5.09. The molecule has 0 aliphatic carbocycles. The molecule has 2 rings (SSSR count). The van der Waals surface area contributed by atoms with Gasteiger partial charge in [0.2, 0.25) is 0 Å². The van der Waals surface area contributed by atoms with E-state index in [-0.39, 0.29) is 0 Å². The zero-order valence-electron chi connectivity index (χ0n) is 11.7. The third-order valence-corrected chi connectivity index (χ3v) is 3.23. The molecule has 0 saturated carbocycles. The Morgan fingerprint density at radius 2 is 2.00 bits per heavy atom. The molecule has 4 heteroatoms. The summed E-state index contributed by atoms with van der Waals surface area (Å²) in [5.41, 5.74) is 9.62. The van der Waals surface area contributed by atoms with Gasteiger partial charge in [-0.1, -0.05) is 30.7 Å². The molecule has 0 heterocycles. The average Bonchev–Trinajstić information content (AvgIpc) is 2.44. The van der Waals surface area contributed by atoms with Crippen LogP contribution in [0.1, 0.15) is 18.9 Å². The number of ether oxygens (including phenoxy) is 1. The van der Waals surface area contributed by atoms with E-state index in [1.54, 1.807) is 0 Å². The molecular formula is C16H19ClN2O. The zero-order chi connectivity index (χ0) is 14.5. The van der Waals surface area contributed by atoms with Gasteiger partial charge in [0, 0.05) is 10.7 Å². The highest BCUT2D eigenvalue weighted by atomic mass is 35.5. The number of nitrogen functional groups attached to an aromatic ring is 1. The number of rotatable bonds is 5. The molecule has 106 valence electrons. The van der Waals surface area contributed by atoms with E-state index >= 15 is 0 Å². The van der Waals surface area contributed by atoms with Gasteiger partial charge < -0.3 is 15.8 Å². The SMILES string of the molecule is CCCOc1cccc(Nc2cc(Cl)ccc2C)c1N. The number of benzene rings is 2. The van der Waals surface area contributed by atoms with Crippen LogP contribution < -0.4 is 15.8 Å². The van der Waals surface area contributed by atoms with E-state index in [1.807, 2.05) is 43.3 Å². The van der Waals surface area contributed by atoms with Crippen molar-refractivity contribution in [3.63, 3.8) is 0 Å². The lowest BCUT2D eigenvalue weighted by Gasteiger charge is -2.15. The first-order valence-electron chi connectivity index (χ1n) is 6.66. The van der Waals surface area contributed by atoms with Crippen molar-refractivity contribution in [2.45, 2.75) is 20.3 Å². The van der Waals surface area contributed by atoms with Crippen molar-refractivity contribution < 1.29 is 4.74 Å². The van der Waals surface area contributed by atoms with Gasteiger partial charge in [-0.05, 0) is 43.2 Å². The molecule has 2 aromatic rings. The minimum absolute atomic E-state index is 0.611. The largest absolute Gasteiger partial charge is 0.491 e. The van der Waals surface area contributed by atoms with Gasteiger partial charge in [-0.25, -0.2) is 0 Å². The zero-order valence-corrected chi connectivity index (χ0v) is 12.5. The molecule has 0 spiro atoms. The normalized spacial score (nSPS) is 10.3. The van der Waals surface area contributed by atoms with Crippen molar-refractivity contribution in [1.82, 2.24) is 0 Å². The summed E-state index contributed by atoms with van der Waals surface area (Å²) in [6.45, 7) is 4.74. The molecule has 0 radical (unpaired) electrons. The minimum Gasteiger partial charge on any atom is -0.491 e. The van der Waals surface area contributed by atoms with Crippen LogP contribution in [0.15, 0.2) is 36.4 Å². The lowest BCUT2D eigenvalue weighted by Crippen LogP contribution is -2.02. The van der Waals surface area contributed by atoms with Gasteiger partial charge in [-0.15, -0.1) is 0 Å². The monoisotopic (exact) mass is 290 g/mol. The molecule has 3 nitrogen and oxygen atoms in total. The molecule has 20 heavy (non-hydrogen) atoms. The Morgan fingerprint density at radius 3 is 2.75 bits per heavy atom. The molecule has 0 amide bonds. The van der Waals surface area contributed by atoms with E-state index in [0.29, 0.717) is 23.1 Å². The summed E-state index contributed by atoms with van der Waals surface area (Å²) in [6.07, 6.45) is 0.949. The van der Waals surface area contributed by atoms with Crippen LogP contribution in [-0.2, 0) is 0 Å². The topological polar surface area (TPSA) is 47.3 Å². The molecule has 0 aliphatic rings. The van der Waals surface area contributed by atoms with Gasteiger partial charge in [0.25, 0.3) is 0 Å². The molecule has 0 unspecified atom stereocenters. The highest BCUT2D eigenvalue weighted by Crippen LogP contribution is 2.33. The van der Waals surface area contributed by atoms with Gasteiger partial charge >= 0.3 is 0 Å². The number of nitrogens with two attached hydrogens (primary N) is 1. The predicted octanol–water partition coefficient (Wildman–Crippen LogP) is 4.76. The van der Waals surface area contributed by atoms with Gasteiger partial charge in [-0.3, -0.25) is 0 Å². The third kappa shape index (κ3) is 3.36. The van der Waals surface area contributed by atoms with Crippen molar-refractivity contribution in [1.29, 1.82) is 0 Å². The lowest BCUT2D eigenvalue weighted by molar-refractivity contribution is 0.319. The summed E-state index contributed by atoms with van der Waals surface area (Å²) < 4.78 is 5.63. The second-order valence-electron chi connectivity index (χ2n) is 4.65. The molecule has 2 aromatic carbocycles. The van der Waals surface area contributed by atoms with Crippen molar-refractivity contribution in [2.75, 3.05) is 17.7 Å². The first-order chi connectivity index (χ1) is 9.61. The number of para-hydroxylation sites is 1. The van der Waals surface area contributed by atoms with Gasteiger partial charge in [-0.2, -0.15) is 0 Å². The van der Waals surface area contributed by atoms with Crippen LogP contribution in [0.5, 0.6) is 5.75 Å². The summed E-state index contributed by atoms with van der Waals surface area (Å²) in [5, 5.41) is 4.00. The Hall–Kier alpha value is -1.87. The molecule has 0 aliphatic heterocycles. The Morgan fingerprint density at radius 1 is 1.20 bits per heavy atom. The summed E-state index contributed by atoms with van der Waals surface area (Å²) >= 11 is 6.03. The summed E-state index contributed by atoms with van der Waals surface area (Å²) in [4.78, 5) is 0. The maximum Gasteiger partial charge on any atom is 0.144 e. The Balaban J connectivity index is 2.27. The number of hydrogen-bond acceptors (Lipinski definition) is 3. The molecule has 3 N–H and O–H groups in total. The number of anilines is 3. The van der Waals surface area contributed by atoms with E-state index in [1.165, 1.54) is 0 Å². The van der Waals surface area contributed by atoms with Crippen LogP contribution in [0.4, 0.5) is 17.1 Å². The minimum atomic E-state index is 0.611. The van der Waals surface area contributed by atoms with Crippen molar-refractivity contribution >= 4 is 28.7 Å². The fourth-order valence-electron chi connectivity index (χ4n) is 1.86. The van der Waals surface area contributed by atoms with Crippen LogP contribution in [0.3, 0.4) is 0 Å². The van der Waals surface area contributed by atoms with Gasteiger partial charge in [0.15, 0.2) is 0 Å². The smallest absolute Gasteiger partial charge is 0.144 e. The van der Waals surface area contributed by atoms with E-state index in [2.05, 4.69) is 12.2 Å². The van der Waals surface area contributed by atoms with Crippen molar-refractivity contribution in [3.8, 4) is 5.75 Å². The number of aryl methyl sites for hydroxylation is 1. The van der Waals surface area contributed by atoms with Crippen LogP contribution >= 0.6 is 11.6 Å². The number of hydrogen-bond donors (Lipinski definition) is 2. The fraction of sp³-hybridized carbons (Fsp3) is 0.250. The summed E-state index contributed by atoms with van der Waals surface area (Å²) in [7, 11) is 0. The second kappa shape index (κ2) is 6.53. The summed E-state index contributed by atoms with van der Waals surface area (Å²) in [5.74, 6) is 0.705. The van der Waals surface area contributed by atoms with Crippen LogP contribution in [-0.4, -0.2) is 6.61 Å². The highest BCUT2D eigenvalue weighted by molar-refractivity contribution is 6.30. The average molecular weight is 291 g/mol. The first kappa shape index (κ1) is 14.5. The summed E-state index contributed by atoms with van der Waals surface area (Å²) in [6, 6.07) is 11.4.